The van der Waals surface area contributed by atoms with Crippen molar-refractivity contribution in [3.63, 3.8) is 0 Å². The van der Waals surface area contributed by atoms with Crippen LogP contribution in [0.25, 0.3) is 0 Å². The fourth-order valence-electron chi connectivity index (χ4n) is 2.66. The average molecular weight is 275 g/mol. The smallest absolute Gasteiger partial charge is 0.310 e. The van der Waals surface area contributed by atoms with Crippen molar-refractivity contribution in [3.05, 3.63) is 35.1 Å². The van der Waals surface area contributed by atoms with Gasteiger partial charge in [-0.15, -0.1) is 0 Å². The SMILES string of the molecule is CC1CCCC1NCc1ccc(F)cc1C(F)(F)F. The van der Waals surface area contributed by atoms with Gasteiger partial charge in [-0.1, -0.05) is 19.4 Å². The molecule has 2 atom stereocenters. The van der Waals surface area contributed by atoms with E-state index in [1.54, 1.807) is 0 Å². The van der Waals surface area contributed by atoms with Crippen LogP contribution in [-0.2, 0) is 12.7 Å². The van der Waals surface area contributed by atoms with Crippen LogP contribution >= 0.6 is 0 Å². The maximum Gasteiger partial charge on any atom is 0.416 e. The van der Waals surface area contributed by atoms with Gasteiger partial charge in [0.1, 0.15) is 5.82 Å². The topological polar surface area (TPSA) is 12.0 Å². The lowest BCUT2D eigenvalue weighted by molar-refractivity contribution is -0.138. The van der Waals surface area contributed by atoms with E-state index in [9.17, 15) is 17.6 Å². The molecule has 0 aromatic heterocycles. The molecule has 0 radical (unpaired) electrons. The fourth-order valence-corrected chi connectivity index (χ4v) is 2.66. The van der Waals surface area contributed by atoms with Gasteiger partial charge in [0, 0.05) is 12.6 Å². The average Bonchev–Trinajstić information content (AvgIpc) is 2.72. The Labute approximate surface area is 110 Å². The molecule has 0 saturated heterocycles. The monoisotopic (exact) mass is 275 g/mol. The van der Waals surface area contributed by atoms with Crippen LogP contribution in [0.1, 0.15) is 37.3 Å². The van der Waals surface area contributed by atoms with Crippen molar-refractivity contribution in [3.8, 4) is 0 Å². The Morgan fingerprint density at radius 1 is 1.26 bits per heavy atom. The first-order valence-corrected chi connectivity index (χ1v) is 6.47. The van der Waals surface area contributed by atoms with E-state index < -0.39 is 17.6 Å². The number of alkyl halides is 3. The third-order valence-electron chi connectivity index (χ3n) is 3.79. The van der Waals surface area contributed by atoms with Crippen molar-refractivity contribution < 1.29 is 17.6 Å². The summed E-state index contributed by atoms with van der Waals surface area (Å²) in [5, 5.41) is 3.16. The Morgan fingerprint density at radius 2 is 2.00 bits per heavy atom. The molecule has 0 amide bonds. The molecule has 1 fully saturated rings. The standard InChI is InChI=1S/C14H17F4N/c1-9-3-2-4-13(9)19-8-10-5-6-11(15)7-12(10)14(16,17)18/h5-7,9,13,19H,2-4,8H2,1H3. The van der Waals surface area contributed by atoms with Gasteiger partial charge in [-0.3, -0.25) is 0 Å². The Hall–Kier alpha value is -1.10. The minimum absolute atomic E-state index is 0.105. The van der Waals surface area contributed by atoms with Crippen LogP contribution in [0.3, 0.4) is 0 Å². The molecule has 1 aromatic rings. The summed E-state index contributed by atoms with van der Waals surface area (Å²) in [6.07, 6.45) is -1.31. The summed E-state index contributed by atoms with van der Waals surface area (Å²) in [6.45, 7) is 2.23. The molecule has 0 bridgehead atoms. The second-order valence-corrected chi connectivity index (χ2v) is 5.19. The minimum atomic E-state index is -4.51. The lowest BCUT2D eigenvalue weighted by Crippen LogP contribution is -2.31. The second kappa shape index (κ2) is 5.49. The molecule has 0 heterocycles. The number of hydrogen-bond acceptors (Lipinski definition) is 1. The molecule has 0 aliphatic heterocycles. The molecular weight excluding hydrogens is 258 g/mol. The summed E-state index contributed by atoms with van der Waals surface area (Å²) in [4.78, 5) is 0. The van der Waals surface area contributed by atoms with Gasteiger partial charge in [0.2, 0.25) is 0 Å². The maximum absolute atomic E-state index is 13.0. The summed E-state index contributed by atoms with van der Waals surface area (Å²) in [5.74, 6) is -0.375. The van der Waals surface area contributed by atoms with Crippen LogP contribution in [0.2, 0.25) is 0 Å². The zero-order valence-electron chi connectivity index (χ0n) is 10.7. The first-order valence-electron chi connectivity index (χ1n) is 6.47. The van der Waals surface area contributed by atoms with Crippen LogP contribution in [-0.4, -0.2) is 6.04 Å². The molecule has 106 valence electrons. The number of nitrogens with one attached hydrogen (secondary N) is 1. The molecule has 2 rings (SSSR count). The molecule has 0 spiro atoms. The zero-order chi connectivity index (χ0) is 14.0. The van der Waals surface area contributed by atoms with Crippen LogP contribution in [0, 0.1) is 11.7 Å². The van der Waals surface area contributed by atoms with Gasteiger partial charge in [-0.05, 0) is 36.5 Å². The highest BCUT2D eigenvalue weighted by Crippen LogP contribution is 2.33. The van der Waals surface area contributed by atoms with Gasteiger partial charge >= 0.3 is 6.18 Å². The van der Waals surface area contributed by atoms with Gasteiger partial charge in [-0.2, -0.15) is 13.2 Å². The van der Waals surface area contributed by atoms with Crippen LogP contribution in [0.4, 0.5) is 17.6 Å². The number of halogens is 4. The number of hydrogen-bond donors (Lipinski definition) is 1. The highest BCUT2D eigenvalue weighted by atomic mass is 19.4. The first kappa shape index (κ1) is 14.3. The van der Waals surface area contributed by atoms with Gasteiger partial charge in [0.05, 0.1) is 5.56 Å². The molecule has 1 saturated carbocycles. The predicted molar refractivity (Wildman–Crippen MR) is 65.0 cm³/mol. The Morgan fingerprint density at radius 3 is 2.58 bits per heavy atom. The highest BCUT2D eigenvalue weighted by Gasteiger charge is 2.34. The van der Waals surface area contributed by atoms with Crippen molar-refractivity contribution in [1.29, 1.82) is 0 Å². The van der Waals surface area contributed by atoms with Crippen LogP contribution in [0.15, 0.2) is 18.2 Å². The molecule has 1 aliphatic carbocycles. The van der Waals surface area contributed by atoms with E-state index in [4.69, 9.17) is 0 Å². The largest absolute Gasteiger partial charge is 0.416 e. The van der Waals surface area contributed by atoms with Crippen LogP contribution in [0.5, 0.6) is 0 Å². The van der Waals surface area contributed by atoms with Crippen molar-refractivity contribution in [2.24, 2.45) is 5.92 Å². The normalized spacial score (nSPS) is 23.8. The molecule has 19 heavy (non-hydrogen) atoms. The summed E-state index contributed by atoms with van der Waals surface area (Å²) in [5.41, 5.74) is -0.779. The summed E-state index contributed by atoms with van der Waals surface area (Å²) in [6, 6.07) is 3.11. The van der Waals surface area contributed by atoms with E-state index in [-0.39, 0.29) is 18.2 Å². The predicted octanol–water partition coefficient (Wildman–Crippen LogP) is 4.12. The highest BCUT2D eigenvalue weighted by molar-refractivity contribution is 5.30. The summed E-state index contributed by atoms with van der Waals surface area (Å²) < 4.78 is 51.4. The fraction of sp³-hybridized carbons (Fsp3) is 0.571. The number of rotatable bonds is 3. The molecule has 2 unspecified atom stereocenters. The van der Waals surface area contributed by atoms with Crippen molar-refractivity contribution >= 4 is 0 Å². The van der Waals surface area contributed by atoms with Crippen LogP contribution < -0.4 is 5.32 Å². The molecular formula is C14H17F4N. The minimum Gasteiger partial charge on any atom is -0.310 e. The third kappa shape index (κ3) is 3.47. The zero-order valence-corrected chi connectivity index (χ0v) is 10.7. The van der Waals surface area contributed by atoms with E-state index in [0.29, 0.717) is 12.0 Å². The summed E-state index contributed by atoms with van der Waals surface area (Å²) >= 11 is 0. The van der Waals surface area contributed by atoms with E-state index >= 15 is 0 Å². The Bertz CT molecular complexity index is 442. The Kier molecular flexibility index (Phi) is 4.13. The van der Waals surface area contributed by atoms with Crippen molar-refractivity contribution in [2.45, 2.75) is 44.9 Å². The lowest BCUT2D eigenvalue weighted by atomic mass is 10.0. The lowest BCUT2D eigenvalue weighted by Gasteiger charge is -2.19. The first-order chi connectivity index (χ1) is 8.88. The van der Waals surface area contributed by atoms with Crippen molar-refractivity contribution in [1.82, 2.24) is 5.32 Å². The molecule has 1 nitrogen and oxygen atoms in total. The van der Waals surface area contributed by atoms with E-state index in [1.807, 2.05) is 0 Å². The van der Waals surface area contributed by atoms with Gasteiger partial charge in [-0.25, -0.2) is 4.39 Å². The van der Waals surface area contributed by atoms with E-state index in [1.165, 1.54) is 6.07 Å². The van der Waals surface area contributed by atoms with E-state index in [2.05, 4.69) is 12.2 Å². The molecule has 1 N–H and O–H groups in total. The number of benzene rings is 1. The van der Waals surface area contributed by atoms with Crippen molar-refractivity contribution in [2.75, 3.05) is 0 Å². The quantitative estimate of drug-likeness (QED) is 0.818. The van der Waals surface area contributed by atoms with Gasteiger partial charge < -0.3 is 5.32 Å². The van der Waals surface area contributed by atoms with E-state index in [0.717, 1.165) is 25.3 Å². The van der Waals surface area contributed by atoms with Gasteiger partial charge in [0.15, 0.2) is 0 Å². The molecule has 1 aromatic carbocycles. The maximum atomic E-state index is 13.0. The van der Waals surface area contributed by atoms with Gasteiger partial charge in [0.25, 0.3) is 0 Å². The molecule has 1 aliphatic rings. The summed E-state index contributed by atoms with van der Waals surface area (Å²) in [7, 11) is 0. The second-order valence-electron chi connectivity index (χ2n) is 5.19. The Balaban J connectivity index is 2.11. The molecule has 5 heteroatoms. The third-order valence-corrected chi connectivity index (χ3v) is 3.79.